The molecule has 0 unspecified atom stereocenters. The van der Waals surface area contributed by atoms with Crippen LogP contribution in [0.5, 0.6) is 0 Å². The van der Waals surface area contributed by atoms with Crippen LogP contribution in [0.4, 0.5) is 17.5 Å². The molecule has 4 aromatic rings. The van der Waals surface area contributed by atoms with Crippen molar-refractivity contribution >= 4 is 34.3 Å². The Morgan fingerprint density at radius 1 is 0.941 bits per heavy atom. The third-order valence-electron chi connectivity index (χ3n) is 5.79. The zero-order valence-electron chi connectivity index (χ0n) is 18.8. The number of rotatable bonds is 5. The molecule has 1 saturated heterocycles. The first kappa shape index (κ1) is 21.5. The lowest BCUT2D eigenvalue weighted by Crippen LogP contribution is -2.50. The second-order valence-corrected chi connectivity index (χ2v) is 8.13. The molecule has 0 atom stereocenters. The Labute approximate surface area is 195 Å². The normalized spacial score (nSPS) is 13.8. The number of amides is 1. The molecule has 10 nitrogen and oxygen atoms in total. The van der Waals surface area contributed by atoms with E-state index in [2.05, 4.69) is 30.4 Å². The lowest BCUT2D eigenvalue weighted by atomic mass is 10.2. The van der Waals surface area contributed by atoms with Crippen LogP contribution in [0.1, 0.15) is 5.69 Å². The second kappa shape index (κ2) is 9.26. The molecule has 0 saturated carbocycles. The van der Waals surface area contributed by atoms with Gasteiger partial charge in [-0.3, -0.25) is 14.2 Å². The van der Waals surface area contributed by atoms with E-state index in [-0.39, 0.29) is 18.0 Å². The monoisotopic (exact) mass is 456 g/mol. The first-order valence-corrected chi connectivity index (χ1v) is 11.1. The number of fused-ring (bicyclic) bond motifs is 1. The quantitative estimate of drug-likeness (QED) is 0.486. The highest BCUT2D eigenvalue weighted by Gasteiger charge is 2.23. The van der Waals surface area contributed by atoms with Crippen molar-refractivity contribution in [2.45, 2.75) is 13.5 Å². The van der Waals surface area contributed by atoms with E-state index in [1.165, 1.54) is 10.9 Å². The van der Waals surface area contributed by atoms with Crippen molar-refractivity contribution in [2.75, 3.05) is 36.4 Å². The van der Waals surface area contributed by atoms with Crippen LogP contribution in [-0.2, 0) is 11.3 Å². The van der Waals surface area contributed by atoms with Crippen molar-refractivity contribution in [2.24, 2.45) is 0 Å². The number of hydrogen-bond donors (Lipinski definition) is 1. The maximum Gasteiger partial charge on any atom is 0.261 e. The molecule has 0 aliphatic carbocycles. The average Bonchev–Trinajstić information content (AvgIpc) is 2.86. The third kappa shape index (κ3) is 4.56. The van der Waals surface area contributed by atoms with E-state index in [4.69, 9.17) is 0 Å². The van der Waals surface area contributed by atoms with Crippen molar-refractivity contribution in [1.82, 2.24) is 29.6 Å². The molecule has 10 heteroatoms. The second-order valence-electron chi connectivity index (χ2n) is 8.13. The van der Waals surface area contributed by atoms with Crippen LogP contribution in [0.2, 0.25) is 0 Å². The summed E-state index contributed by atoms with van der Waals surface area (Å²) in [7, 11) is 0. The number of pyridine rings is 1. The molecule has 1 N–H and O–H groups in total. The summed E-state index contributed by atoms with van der Waals surface area (Å²) in [6, 6.07) is 16.6. The summed E-state index contributed by atoms with van der Waals surface area (Å²) in [5, 5.41) is 12.2. The van der Waals surface area contributed by atoms with E-state index in [0.717, 1.165) is 17.3 Å². The van der Waals surface area contributed by atoms with Gasteiger partial charge in [0.05, 0.1) is 17.2 Å². The van der Waals surface area contributed by atoms with Gasteiger partial charge >= 0.3 is 0 Å². The molecule has 0 radical (unpaired) electrons. The molecular weight excluding hydrogens is 432 g/mol. The zero-order valence-corrected chi connectivity index (χ0v) is 18.8. The number of para-hydroxylation sites is 1. The van der Waals surface area contributed by atoms with Gasteiger partial charge in [0.15, 0.2) is 11.6 Å². The highest BCUT2D eigenvalue weighted by Crippen LogP contribution is 2.17. The van der Waals surface area contributed by atoms with E-state index in [1.54, 1.807) is 23.1 Å². The van der Waals surface area contributed by atoms with Gasteiger partial charge < -0.3 is 15.1 Å². The molecular formula is C24H24N8O2. The number of nitrogens with one attached hydrogen (secondary N) is 1. The van der Waals surface area contributed by atoms with Crippen LogP contribution in [-0.4, -0.2) is 61.7 Å². The summed E-state index contributed by atoms with van der Waals surface area (Å²) >= 11 is 0. The number of aromatic nitrogens is 5. The number of aryl methyl sites for hydroxylation is 1. The summed E-state index contributed by atoms with van der Waals surface area (Å²) in [4.78, 5) is 38.0. The van der Waals surface area contributed by atoms with Gasteiger partial charge in [0.2, 0.25) is 5.91 Å². The fraction of sp³-hybridized carbons (Fsp3) is 0.250. The summed E-state index contributed by atoms with van der Waals surface area (Å²) in [6.07, 6.45) is 1.44. The van der Waals surface area contributed by atoms with Gasteiger partial charge in [0.25, 0.3) is 5.56 Å². The predicted octanol–water partition coefficient (Wildman–Crippen LogP) is 1.98. The molecule has 0 spiro atoms. The number of carbonyl (C=O) groups is 1. The maximum atomic E-state index is 12.8. The first-order chi connectivity index (χ1) is 16.6. The first-order valence-electron chi connectivity index (χ1n) is 11.1. The average molecular weight is 457 g/mol. The van der Waals surface area contributed by atoms with Crippen molar-refractivity contribution in [3.63, 3.8) is 0 Å². The number of hydrogen-bond acceptors (Lipinski definition) is 8. The number of benzene rings is 1. The molecule has 1 aliphatic rings. The summed E-state index contributed by atoms with van der Waals surface area (Å²) < 4.78 is 1.37. The fourth-order valence-electron chi connectivity index (χ4n) is 3.95. The SMILES string of the molecule is Cc1cccc(Nc2ccc(N3CCN(C(=O)Cn4cnc5ccccc5c4=O)CC3)nn2)n1. The summed E-state index contributed by atoms with van der Waals surface area (Å²) in [5.74, 6) is 1.99. The van der Waals surface area contributed by atoms with Crippen LogP contribution in [0, 0.1) is 6.92 Å². The Morgan fingerprint density at radius 2 is 1.76 bits per heavy atom. The van der Waals surface area contributed by atoms with Crippen molar-refractivity contribution in [3.8, 4) is 0 Å². The lowest BCUT2D eigenvalue weighted by molar-refractivity contribution is -0.132. The van der Waals surface area contributed by atoms with Gasteiger partial charge in [0.1, 0.15) is 12.4 Å². The van der Waals surface area contributed by atoms with Gasteiger partial charge in [-0.2, -0.15) is 0 Å². The van der Waals surface area contributed by atoms with Crippen molar-refractivity contribution in [1.29, 1.82) is 0 Å². The lowest BCUT2D eigenvalue weighted by Gasteiger charge is -2.35. The van der Waals surface area contributed by atoms with Gasteiger partial charge in [-0.05, 0) is 43.3 Å². The predicted molar refractivity (Wildman–Crippen MR) is 129 cm³/mol. The number of nitrogens with zero attached hydrogens (tertiary/aromatic N) is 7. The topological polar surface area (TPSA) is 109 Å². The molecule has 172 valence electrons. The van der Waals surface area contributed by atoms with Crippen LogP contribution >= 0.6 is 0 Å². The van der Waals surface area contributed by atoms with E-state index < -0.39 is 0 Å². The van der Waals surface area contributed by atoms with Gasteiger partial charge in [-0.1, -0.05) is 18.2 Å². The van der Waals surface area contributed by atoms with E-state index in [0.29, 0.717) is 42.9 Å². The highest BCUT2D eigenvalue weighted by atomic mass is 16.2. The van der Waals surface area contributed by atoms with E-state index >= 15 is 0 Å². The molecule has 1 aromatic carbocycles. The van der Waals surface area contributed by atoms with Gasteiger partial charge in [0, 0.05) is 31.9 Å². The highest BCUT2D eigenvalue weighted by molar-refractivity contribution is 5.79. The van der Waals surface area contributed by atoms with Crippen LogP contribution in [0.3, 0.4) is 0 Å². The number of piperazine rings is 1. The van der Waals surface area contributed by atoms with Crippen LogP contribution in [0.25, 0.3) is 10.9 Å². The number of carbonyl (C=O) groups excluding carboxylic acids is 1. The molecule has 1 fully saturated rings. The minimum atomic E-state index is -0.206. The molecule has 4 heterocycles. The Morgan fingerprint density at radius 3 is 2.53 bits per heavy atom. The van der Waals surface area contributed by atoms with Crippen LogP contribution < -0.4 is 15.8 Å². The summed E-state index contributed by atoms with van der Waals surface area (Å²) in [6.45, 7) is 4.27. The Balaban J connectivity index is 1.18. The Bertz CT molecular complexity index is 1380. The zero-order chi connectivity index (χ0) is 23.5. The fourth-order valence-corrected chi connectivity index (χ4v) is 3.95. The number of anilines is 3. The Kier molecular flexibility index (Phi) is 5.86. The molecule has 1 aliphatic heterocycles. The molecule has 3 aromatic heterocycles. The van der Waals surface area contributed by atoms with Crippen molar-refractivity contribution < 1.29 is 4.79 Å². The molecule has 5 rings (SSSR count). The smallest absolute Gasteiger partial charge is 0.261 e. The minimum Gasteiger partial charge on any atom is -0.352 e. The van der Waals surface area contributed by atoms with E-state index in [1.807, 2.05) is 43.3 Å². The molecule has 0 bridgehead atoms. The van der Waals surface area contributed by atoms with Gasteiger partial charge in [-0.15, -0.1) is 10.2 Å². The largest absolute Gasteiger partial charge is 0.352 e. The van der Waals surface area contributed by atoms with E-state index in [9.17, 15) is 9.59 Å². The molecule has 1 amide bonds. The standard InChI is InChI=1S/C24H24N8O2/c1-17-5-4-8-20(26-17)27-21-9-10-22(29-28-21)30-11-13-31(14-12-30)23(33)15-32-16-25-19-7-3-2-6-18(19)24(32)34/h2-10,16H,11-15H2,1H3,(H,26,27,28). The van der Waals surface area contributed by atoms with Crippen LogP contribution in [0.15, 0.2) is 65.7 Å². The minimum absolute atomic E-state index is 0.0240. The third-order valence-corrected chi connectivity index (χ3v) is 5.79. The van der Waals surface area contributed by atoms with Gasteiger partial charge in [-0.25, -0.2) is 9.97 Å². The Hall–Kier alpha value is -4.34. The molecule has 34 heavy (non-hydrogen) atoms. The van der Waals surface area contributed by atoms with Crippen molar-refractivity contribution in [3.05, 3.63) is 77.0 Å². The summed E-state index contributed by atoms with van der Waals surface area (Å²) in [5.41, 5.74) is 1.34. The maximum absolute atomic E-state index is 12.8.